The summed E-state index contributed by atoms with van der Waals surface area (Å²) < 4.78 is 0. The highest BCUT2D eigenvalue weighted by molar-refractivity contribution is 5.78. The van der Waals surface area contributed by atoms with Gasteiger partial charge in [-0.05, 0) is 29.8 Å². The molecule has 0 fully saturated rings. The minimum Gasteiger partial charge on any atom is -0.393 e. The third-order valence-corrected chi connectivity index (χ3v) is 2.77. The summed E-state index contributed by atoms with van der Waals surface area (Å²) in [6.07, 6.45) is 0.332. The number of para-hydroxylation sites is 1. The number of nitro benzene ring substituents is 1. The van der Waals surface area contributed by atoms with Crippen molar-refractivity contribution in [1.82, 2.24) is 0 Å². The van der Waals surface area contributed by atoms with Crippen LogP contribution in [-0.2, 0) is 6.42 Å². The number of hydrogen-bond acceptors (Lipinski definition) is 5. The van der Waals surface area contributed by atoms with E-state index in [0.717, 1.165) is 5.56 Å². The summed E-state index contributed by atoms with van der Waals surface area (Å²) >= 11 is 0. The van der Waals surface area contributed by atoms with Crippen molar-refractivity contribution < 1.29 is 4.92 Å². The van der Waals surface area contributed by atoms with Crippen molar-refractivity contribution in [1.29, 1.82) is 5.26 Å². The largest absolute Gasteiger partial charge is 0.393 e. The van der Waals surface area contributed by atoms with Crippen LogP contribution in [0.4, 0.5) is 22.7 Å². The van der Waals surface area contributed by atoms with Crippen LogP contribution in [0.3, 0.4) is 0 Å². The zero-order valence-electron chi connectivity index (χ0n) is 10.5. The summed E-state index contributed by atoms with van der Waals surface area (Å²) in [6, 6.07) is 13.9. The highest BCUT2D eigenvalue weighted by atomic mass is 16.6. The molecule has 0 aliphatic carbocycles. The molecule has 0 aromatic heterocycles. The summed E-state index contributed by atoms with van der Waals surface area (Å²) in [5.74, 6) is 0. The maximum absolute atomic E-state index is 11.0. The second-order valence-corrected chi connectivity index (χ2v) is 4.16. The van der Waals surface area contributed by atoms with Crippen LogP contribution < -0.4 is 11.1 Å². The molecule has 0 saturated carbocycles. The van der Waals surface area contributed by atoms with E-state index in [0.29, 0.717) is 17.8 Å². The number of rotatable bonds is 4. The van der Waals surface area contributed by atoms with Gasteiger partial charge in [0.05, 0.1) is 17.4 Å². The van der Waals surface area contributed by atoms with E-state index in [4.69, 9.17) is 11.0 Å². The molecule has 20 heavy (non-hydrogen) atoms. The van der Waals surface area contributed by atoms with Gasteiger partial charge in [0.15, 0.2) is 0 Å². The second kappa shape index (κ2) is 5.71. The minimum atomic E-state index is -0.512. The Morgan fingerprint density at radius 3 is 2.55 bits per heavy atom. The number of hydrogen-bond donors (Lipinski definition) is 2. The van der Waals surface area contributed by atoms with Crippen LogP contribution in [0.5, 0.6) is 0 Å². The molecule has 0 amide bonds. The highest BCUT2D eigenvalue weighted by Gasteiger charge is 2.17. The van der Waals surface area contributed by atoms with Gasteiger partial charge in [-0.15, -0.1) is 0 Å². The topological polar surface area (TPSA) is 105 Å². The first-order valence-electron chi connectivity index (χ1n) is 5.87. The molecule has 6 nitrogen and oxygen atoms in total. The Balaban J connectivity index is 2.28. The molecule has 0 radical (unpaired) electrons. The average molecular weight is 268 g/mol. The maximum Gasteiger partial charge on any atom is 0.315 e. The maximum atomic E-state index is 11.0. The van der Waals surface area contributed by atoms with Gasteiger partial charge in [0.2, 0.25) is 0 Å². The van der Waals surface area contributed by atoms with Crippen LogP contribution in [0.1, 0.15) is 5.56 Å². The monoisotopic (exact) mass is 268 g/mol. The van der Waals surface area contributed by atoms with Crippen LogP contribution in [-0.4, -0.2) is 4.92 Å². The van der Waals surface area contributed by atoms with E-state index in [1.165, 1.54) is 6.07 Å². The van der Waals surface area contributed by atoms with Gasteiger partial charge in [-0.1, -0.05) is 18.2 Å². The van der Waals surface area contributed by atoms with Gasteiger partial charge in [-0.25, -0.2) is 0 Å². The van der Waals surface area contributed by atoms with Crippen molar-refractivity contribution in [2.24, 2.45) is 0 Å². The van der Waals surface area contributed by atoms with Gasteiger partial charge in [0.25, 0.3) is 0 Å². The first kappa shape index (κ1) is 13.4. The van der Waals surface area contributed by atoms with Gasteiger partial charge < -0.3 is 11.1 Å². The van der Waals surface area contributed by atoms with Crippen molar-refractivity contribution in [3.63, 3.8) is 0 Å². The SMILES string of the molecule is N#CCc1ccc(Nc2cccc(N)c2[N+](=O)[O-])cc1. The Morgan fingerprint density at radius 2 is 1.95 bits per heavy atom. The Morgan fingerprint density at radius 1 is 1.25 bits per heavy atom. The zero-order chi connectivity index (χ0) is 14.5. The molecule has 0 bridgehead atoms. The molecule has 0 spiro atoms. The van der Waals surface area contributed by atoms with E-state index >= 15 is 0 Å². The molecule has 0 heterocycles. The van der Waals surface area contributed by atoms with Crippen molar-refractivity contribution in [2.45, 2.75) is 6.42 Å². The molecule has 0 atom stereocenters. The number of benzene rings is 2. The molecule has 0 aliphatic rings. The molecule has 0 unspecified atom stereocenters. The molecular formula is C14H12N4O2. The van der Waals surface area contributed by atoms with E-state index in [9.17, 15) is 10.1 Å². The van der Waals surface area contributed by atoms with Crippen LogP contribution in [0.25, 0.3) is 0 Å². The van der Waals surface area contributed by atoms with Gasteiger partial charge in [-0.3, -0.25) is 10.1 Å². The third kappa shape index (κ3) is 2.84. The molecule has 0 aliphatic heterocycles. The molecule has 2 rings (SSSR count). The van der Waals surface area contributed by atoms with Gasteiger partial charge in [0, 0.05) is 5.69 Å². The van der Waals surface area contributed by atoms with Crippen molar-refractivity contribution in [2.75, 3.05) is 11.1 Å². The number of nitrogens with two attached hydrogens (primary N) is 1. The highest BCUT2D eigenvalue weighted by Crippen LogP contribution is 2.32. The zero-order valence-corrected chi connectivity index (χ0v) is 10.5. The fourth-order valence-corrected chi connectivity index (χ4v) is 1.82. The fourth-order valence-electron chi connectivity index (χ4n) is 1.82. The van der Waals surface area contributed by atoms with Crippen molar-refractivity contribution >= 4 is 22.7 Å². The molecule has 3 N–H and O–H groups in total. The lowest BCUT2D eigenvalue weighted by atomic mass is 10.1. The Hall–Kier alpha value is -3.07. The first-order chi connectivity index (χ1) is 9.61. The van der Waals surface area contributed by atoms with E-state index in [1.54, 1.807) is 36.4 Å². The molecule has 6 heteroatoms. The molecule has 100 valence electrons. The third-order valence-electron chi connectivity index (χ3n) is 2.77. The van der Waals surface area contributed by atoms with Crippen LogP contribution >= 0.6 is 0 Å². The van der Waals surface area contributed by atoms with Gasteiger partial charge in [-0.2, -0.15) is 5.26 Å². The van der Waals surface area contributed by atoms with Crippen LogP contribution in [0.2, 0.25) is 0 Å². The first-order valence-corrected chi connectivity index (χ1v) is 5.87. The molecule has 2 aromatic rings. The Labute approximate surface area is 115 Å². The van der Waals surface area contributed by atoms with E-state index in [1.807, 2.05) is 0 Å². The number of anilines is 3. The lowest BCUT2D eigenvalue weighted by Gasteiger charge is -2.08. The molecule has 0 saturated heterocycles. The lowest BCUT2D eigenvalue weighted by molar-refractivity contribution is -0.383. The smallest absolute Gasteiger partial charge is 0.315 e. The van der Waals surface area contributed by atoms with Crippen LogP contribution in [0, 0.1) is 21.4 Å². The number of nitriles is 1. The summed E-state index contributed by atoms with van der Waals surface area (Å²) in [4.78, 5) is 10.5. The summed E-state index contributed by atoms with van der Waals surface area (Å²) in [7, 11) is 0. The fraction of sp³-hybridized carbons (Fsp3) is 0.0714. The second-order valence-electron chi connectivity index (χ2n) is 4.16. The van der Waals surface area contributed by atoms with E-state index in [-0.39, 0.29) is 11.4 Å². The Kier molecular flexibility index (Phi) is 3.82. The van der Waals surface area contributed by atoms with Crippen molar-refractivity contribution in [3.05, 3.63) is 58.1 Å². The lowest BCUT2D eigenvalue weighted by Crippen LogP contribution is -2.00. The number of nitrogens with one attached hydrogen (secondary N) is 1. The summed E-state index contributed by atoms with van der Waals surface area (Å²) in [5.41, 5.74) is 7.51. The van der Waals surface area contributed by atoms with E-state index < -0.39 is 4.92 Å². The van der Waals surface area contributed by atoms with Crippen LogP contribution in [0.15, 0.2) is 42.5 Å². The number of nitro groups is 1. The average Bonchev–Trinajstić information content (AvgIpc) is 2.41. The predicted octanol–water partition coefficient (Wildman–Crippen LogP) is 2.99. The standard InChI is InChI=1S/C14H12N4O2/c15-9-8-10-4-6-11(7-5-10)17-13-3-1-2-12(16)14(13)18(19)20/h1-7,17H,8,16H2. The quantitative estimate of drug-likeness (QED) is 0.503. The van der Waals surface area contributed by atoms with Gasteiger partial charge >= 0.3 is 5.69 Å². The van der Waals surface area contributed by atoms with Crippen molar-refractivity contribution in [3.8, 4) is 6.07 Å². The predicted molar refractivity (Wildman–Crippen MR) is 76.6 cm³/mol. The minimum absolute atomic E-state index is 0.112. The Bertz CT molecular complexity index is 675. The summed E-state index contributed by atoms with van der Waals surface area (Å²) in [6.45, 7) is 0. The van der Waals surface area contributed by atoms with E-state index in [2.05, 4.69) is 11.4 Å². The normalized spacial score (nSPS) is 9.75. The number of nitrogens with zero attached hydrogens (tertiary/aromatic N) is 2. The number of nitrogen functional groups attached to an aromatic ring is 1. The molecular weight excluding hydrogens is 256 g/mol. The molecule has 2 aromatic carbocycles. The summed E-state index contributed by atoms with van der Waals surface area (Å²) in [5, 5.41) is 22.6. The van der Waals surface area contributed by atoms with Gasteiger partial charge in [0.1, 0.15) is 11.4 Å².